The highest BCUT2D eigenvalue weighted by molar-refractivity contribution is 6.30. The van der Waals surface area contributed by atoms with Crippen molar-refractivity contribution in [2.24, 2.45) is 0 Å². The van der Waals surface area contributed by atoms with Gasteiger partial charge in [0.15, 0.2) is 6.10 Å². The monoisotopic (exact) mass is 274 g/mol. The fraction of sp³-hybridized carbons (Fsp3) is 0.250. The number of rotatable bonds is 2. The van der Waals surface area contributed by atoms with Gasteiger partial charge in [-0.25, -0.2) is 13.6 Å². The number of halogens is 3. The molecule has 0 spiro atoms. The zero-order valence-corrected chi connectivity index (χ0v) is 10.0. The van der Waals surface area contributed by atoms with Crippen LogP contribution in [0.5, 0.6) is 5.75 Å². The topological polar surface area (TPSA) is 46.5 Å². The highest BCUT2D eigenvalue weighted by Crippen LogP contribution is 2.37. The molecule has 1 unspecified atom stereocenters. The minimum Gasteiger partial charge on any atom is -0.478 e. The van der Waals surface area contributed by atoms with Crippen LogP contribution in [0, 0.1) is 0 Å². The molecule has 18 heavy (non-hydrogen) atoms. The number of carbonyl (C=O) groups is 1. The predicted molar refractivity (Wildman–Crippen MR) is 62.1 cm³/mol. The van der Waals surface area contributed by atoms with Crippen LogP contribution in [0.3, 0.4) is 0 Å². The van der Waals surface area contributed by atoms with E-state index in [-0.39, 0.29) is 5.75 Å². The van der Waals surface area contributed by atoms with Crippen molar-refractivity contribution in [3.8, 4) is 5.75 Å². The van der Waals surface area contributed by atoms with E-state index < -0.39 is 23.6 Å². The number of aliphatic carboxylic acids is 1. The summed E-state index contributed by atoms with van der Waals surface area (Å²) in [5, 5.41) is 9.33. The SMILES string of the molecule is CC(F)(F)C1Oc2ccc(Cl)cc2C=C1C(=O)O. The Morgan fingerprint density at radius 3 is 2.72 bits per heavy atom. The molecule has 0 aliphatic carbocycles. The molecular formula is C12H9ClF2O3. The van der Waals surface area contributed by atoms with Crippen LogP contribution in [-0.2, 0) is 4.79 Å². The largest absolute Gasteiger partial charge is 0.478 e. The fourth-order valence-electron chi connectivity index (χ4n) is 1.72. The molecular weight excluding hydrogens is 266 g/mol. The molecule has 1 aliphatic heterocycles. The standard InChI is InChI=1S/C12H9ClF2O3/c1-12(14,15)10-8(11(16)17)5-6-4-7(13)2-3-9(6)18-10/h2-5,10H,1H3,(H,16,17). The molecule has 0 amide bonds. The van der Waals surface area contributed by atoms with Crippen molar-refractivity contribution >= 4 is 23.6 Å². The van der Waals surface area contributed by atoms with Gasteiger partial charge in [-0.15, -0.1) is 0 Å². The molecule has 1 aliphatic rings. The van der Waals surface area contributed by atoms with Crippen molar-refractivity contribution in [3.05, 3.63) is 34.4 Å². The van der Waals surface area contributed by atoms with Crippen molar-refractivity contribution in [2.45, 2.75) is 19.0 Å². The van der Waals surface area contributed by atoms with Crippen LogP contribution in [0.25, 0.3) is 6.08 Å². The second-order valence-corrected chi connectivity index (χ2v) is 4.48. The minimum atomic E-state index is -3.29. The number of hydrogen-bond donors (Lipinski definition) is 1. The first-order valence-corrected chi connectivity index (χ1v) is 5.46. The zero-order valence-electron chi connectivity index (χ0n) is 9.28. The first-order chi connectivity index (χ1) is 8.29. The molecule has 0 fully saturated rings. The molecule has 1 atom stereocenters. The van der Waals surface area contributed by atoms with Crippen LogP contribution in [0.2, 0.25) is 5.02 Å². The normalized spacial score (nSPS) is 18.7. The van der Waals surface area contributed by atoms with E-state index in [2.05, 4.69) is 0 Å². The van der Waals surface area contributed by atoms with Crippen LogP contribution in [0.15, 0.2) is 23.8 Å². The predicted octanol–water partition coefficient (Wildman–Crippen LogP) is 3.22. The molecule has 2 rings (SSSR count). The maximum atomic E-state index is 13.3. The molecule has 96 valence electrons. The van der Waals surface area contributed by atoms with Crippen molar-refractivity contribution in [1.29, 1.82) is 0 Å². The van der Waals surface area contributed by atoms with E-state index in [4.69, 9.17) is 21.4 Å². The van der Waals surface area contributed by atoms with E-state index >= 15 is 0 Å². The van der Waals surface area contributed by atoms with Crippen LogP contribution in [-0.4, -0.2) is 23.1 Å². The van der Waals surface area contributed by atoms with Crippen molar-refractivity contribution < 1.29 is 23.4 Å². The van der Waals surface area contributed by atoms with Crippen molar-refractivity contribution in [1.82, 2.24) is 0 Å². The summed E-state index contributed by atoms with van der Waals surface area (Å²) >= 11 is 5.75. The summed E-state index contributed by atoms with van der Waals surface area (Å²) in [5.41, 5.74) is -0.113. The number of carboxylic acids is 1. The molecule has 1 aromatic rings. The Bertz CT molecular complexity index is 535. The molecule has 0 saturated carbocycles. The van der Waals surface area contributed by atoms with Gasteiger partial charge in [-0.2, -0.15) is 0 Å². The Balaban J connectivity index is 2.53. The molecule has 6 heteroatoms. The Morgan fingerprint density at radius 1 is 1.50 bits per heavy atom. The molecule has 0 bridgehead atoms. The molecule has 0 radical (unpaired) electrons. The van der Waals surface area contributed by atoms with Gasteiger partial charge in [0.1, 0.15) is 5.75 Å². The number of carboxylic acid groups (broad SMARTS) is 1. The third-order valence-corrected chi connectivity index (χ3v) is 2.75. The summed E-state index contributed by atoms with van der Waals surface area (Å²) in [6.45, 7) is 0.620. The van der Waals surface area contributed by atoms with Gasteiger partial charge in [0.25, 0.3) is 5.92 Å². The molecule has 3 nitrogen and oxygen atoms in total. The van der Waals surface area contributed by atoms with Crippen molar-refractivity contribution in [2.75, 3.05) is 0 Å². The highest BCUT2D eigenvalue weighted by Gasteiger charge is 2.43. The fourth-order valence-corrected chi connectivity index (χ4v) is 1.90. The summed E-state index contributed by atoms with van der Waals surface area (Å²) in [7, 11) is 0. The summed E-state index contributed by atoms with van der Waals surface area (Å²) in [5.74, 6) is -4.54. The van der Waals surface area contributed by atoms with E-state index in [1.165, 1.54) is 18.2 Å². The van der Waals surface area contributed by atoms with Gasteiger partial charge in [0.05, 0.1) is 5.57 Å². The summed E-state index contributed by atoms with van der Waals surface area (Å²) < 4.78 is 31.7. The summed E-state index contributed by atoms with van der Waals surface area (Å²) in [6, 6.07) is 4.39. The van der Waals surface area contributed by atoms with Gasteiger partial charge in [0.2, 0.25) is 0 Å². The lowest BCUT2D eigenvalue weighted by molar-refractivity contribution is -0.137. The second-order valence-electron chi connectivity index (χ2n) is 4.04. The van der Waals surface area contributed by atoms with Crippen LogP contribution in [0.4, 0.5) is 8.78 Å². The quantitative estimate of drug-likeness (QED) is 0.901. The van der Waals surface area contributed by atoms with Gasteiger partial charge >= 0.3 is 5.97 Å². The summed E-state index contributed by atoms with van der Waals surface area (Å²) in [4.78, 5) is 11.0. The van der Waals surface area contributed by atoms with Gasteiger partial charge in [0, 0.05) is 17.5 Å². The average Bonchev–Trinajstić information content (AvgIpc) is 2.25. The maximum absolute atomic E-state index is 13.3. The number of ether oxygens (including phenoxy) is 1. The van der Waals surface area contributed by atoms with E-state index in [0.717, 1.165) is 6.08 Å². The molecule has 1 N–H and O–H groups in total. The first-order valence-electron chi connectivity index (χ1n) is 5.08. The number of fused-ring (bicyclic) bond motifs is 1. The zero-order chi connectivity index (χ0) is 13.5. The Labute approximate surface area is 107 Å². The Kier molecular flexibility index (Phi) is 3.02. The van der Waals surface area contributed by atoms with E-state index in [1.807, 2.05) is 0 Å². The Hall–Kier alpha value is -1.62. The van der Waals surface area contributed by atoms with Gasteiger partial charge < -0.3 is 9.84 Å². The smallest absolute Gasteiger partial charge is 0.335 e. The van der Waals surface area contributed by atoms with Crippen LogP contribution >= 0.6 is 11.6 Å². The van der Waals surface area contributed by atoms with E-state index in [1.54, 1.807) is 0 Å². The average molecular weight is 275 g/mol. The van der Waals surface area contributed by atoms with Crippen LogP contribution in [0.1, 0.15) is 12.5 Å². The second kappa shape index (κ2) is 4.24. The van der Waals surface area contributed by atoms with Gasteiger partial charge in [-0.1, -0.05) is 11.6 Å². The van der Waals surface area contributed by atoms with Gasteiger partial charge in [-0.05, 0) is 24.3 Å². The van der Waals surface area contributed by atoms with Crippen LogP contribution < -0.4 is 4.74 Å². The lowest BCUT2D eigenvalue weighted by atomic mass is 9.98. The molecule has 0 aromatic heterocycles. The number of benzene rings is 1. The summed E-state index contributed by atoms with van der Waals surface area (Å²) in [6.07, 6.45) is -0.640. The lowest BCUT2D eigenvalue weighted by Gasteiger charge is -2.29. The third-order valence-electron chi connectivity index (χ3n) is 2.52. The highest BCUT2D eigenvalue weighted by atomic mass is 35.5. The van der Waals surface area contributed by atoms with E-state index in [9.17, 15) is 13.6 Å². The maximum Gasteiger partial charge on any atom is 0.335 e. The van der Waals surface area contributed by atoms with Gasteiger partial charge in [-0.3, -0.25) is 0 Å². The number of hydrogen-bond acceptors (Lipinski definition) is 2. The molecule has 0 saturated heterocycles. The minimum absolute atomic E-state index is 0.191. The van der Waals surface area contributed by atoms with E-state index in [0.29, 0.717) is 17.5 Å². The third kappa shape index (κ3) is 2.31. The Morgan fingerprint density at radius 2 is 2.17 bits per heavy atom. The lowest BCUT2D eigenvalue weighted by Crippen LogP contribution is -2.41. The molecule has 1 heterocycles. The number of alkyl halides is 2. The van der Waals surface area contributed by atoms with Crippen molar-refractivity contribution in [3.63, 3.8) is 0 Å². The molecule has 1 aromatic carbocycles. The first kappa shape index (κ1) is 12.8.